The fourth-order valence-electron chi connectivity index (χ4n) is 3.49. The highest BCUT2D eigenvalue weighted by Gasteiger charge is 2.35. The van der Waals surface area contributed by atoms with Crippen molar-refractivity contribution in [3.8, 4) is 0 Å². The van der Waals surface area contributed by atoms with Crippen molar-refractivity contribution in [3.63, 3.8) is 0 Å². The largest absolute Gasteiger partial charge is 0.352 e. The molecule has 0 unspecified atom stereocenters. The maximum absolute atomic E-state index is 13.4. The zero-order chi connectivity index (χ0) is 29.8. The molecule has 2 aliphatic rings. The zero-order valence-electron chi connectivity index (χ0n) is 21.5. The van der Waals surface area contributed by atoms with Gasteiger partial charge in [-0.25, -0.2) is 9.59 Å². The Morgan fingerprint density at radius 1 is 0.725 bits per heavy atom. The third-order valence-corrected chi connectivity index (χ3v) is 5.65. The number of hydrogen-bond donors (Lipinski definition) is 2. The monoisotopic (exact) mass is 563 g/mol. The number of nitrogens with zero attached hydrogens (tertiary/aromatic N) is 3. The fourth-order valence-corrected chi connectivity index (χ4v) is 3.49. The Hall–Kier alpha value is -4.89. The van der Waals surface area contributed by atoms with E-state index in [-0.39, 0.29) is 51.9 Å². The summed E-state index contributed by atoms with van der Waals surface area (Å²) in [7, 11) is 0. The second-order valence-electron chi connectivity index (χ2n) is 8.51. The van der Waals surface area contributed by atoms with E-state index < -0.39 is 72.0 Å². The van der Waals surface area contributed by atoms with Gasteiger partial charge in [-0.1, -0.05) is 13.2 Å². The van der Waals surface area contributed by atoms with E-state index in [1.54, 1.807) is 0 Å². The first-order chi connectivity index (χ1) is 19.0. The summed E-state index contributed by atoms with van der Waals surface area (Å²) < 4.78 is 0. The van der Waals surface area contributed by atoms with Crippen LogP contribution < -0.4 is 10.6 Å². The van der Waals surface area contributed by atoms with Gasteiger partial charge in [0.2, 0.25) is 17.7 Å². The molecule has 0 aromatic rings. The quantitative estimate of drug-likeness (QED) is 0.165. The average molecular weight is 564 g/mol. The molecule has 0 atom stereocenters. The van der Waals surface area contributed by atoms with Gasteiger partial charge in [0.15, 0.2) is 0 Å². The van der Waals surface area contributed by atoms with Gasteiger partial charge in [-0.3, -0.25) is 33.6 Å². The van der Waals surface area contributed by atoms with Crippen LogP contribution >= 0.6 is 0 Å². The lowest BCUT2D eigenvalue weighted by Gasteiger charge is -2.27. The smallest absolute Gasteiger partial charge is 0.334 e. The van der Waals surface area contributed by atoms with Gasteiger partial charge in [-0.15, -0.1) is 10.1 Å². The topological polar surface area (TPSA) is 206 Å². The van der Waals surface area contributed by atoms with Crippen LogP contribution in [0.1, 0.15) is 38.5 Å². The van der Waals surface area contributed by atoms with Crippen molar-refractivity contribution < 1.29 is 52.8 Å². The van der Waals surface area contributed by atoms with Crippen molar-refractivity contribution in [3.05, 3.63) is 25.3 Å². The summed E-state index contributed by atoms with van der Waals surface area (Å²) in [6.45, 7) is 5.35. The number of hydrogen-bond acceptors (Lipinski definition) is 11. The van der Waals surface area contributed by atoms with Crippen LogP contribution in [0.25, 0.3) is 0 Å². The molecule has 216 valence electrons. The summed E-state index contributed by atoms with van der Waals surface area (Å²) in [4.78, 5) is 119. The predicted octanol–water partition coefficient (Wildman–Crippen LogP) is -1.97. The summed E-state index contributed by atoms with van der Waals surface area (Å²) in [6.07, 6.45) is 0.456. The van der Waals surface area contributed by atoms with Crippen LogP contribution in [0.2, 0.25) is 0 Å². The molecule has 2 fully saturated rings. The number of hydroxylamine groups is 4. The van der Waals surface area contributed by atoms with E-state index in [0.29, 0.717) is 10.1 Å². The molecule has 0 saturated carbocycles. The maximum Gasteiger partial charge on any atom is 0.334 e. The highest BCUT2D eigenvalue weighted by atomic mass is 16.7. The van der Waals surface area contributed by atoms with Crippen LogP contribution in [0.4, 0.5) is 0 Å². The number of imide groups is 2. The Balaban J connectivity index is 2.13. The first-order valence-corrected chi connectivity index (χ1v) is 12.2. The van der Waals surface area contributed by atoms with Crippen LogP contribution in [0.5, 0.6) is 0 Å². The Labute approximate surface area is 228 Å². The van der Waals surface area contributed by atoms with Crippen LogP contribution in [0.15, 0.2) is 25.3 Å². The summed E-state index contributed by atoms with van der Waals surface area (Å²) in [5, 5.41) is 5.54. The molecular formula is C24H29N5O11. The van der Waals surface area contributed by atoms with E-state index in [1.807, 2.05) is 0 Å². The molecule has 0 bridgehead atoms. The highest BCUT2D eigenvalue weighted by molar-refractivity contribution is 6.02. The molecule has 0 radical (unpaired) electrons. The molecule has 7 amide bonds. The van der Waals surface area contributed by atoms with Crippen molar-refractivity contribution in [1.82, 2.24) is 25.7 Å². The maximum atomic E-state index is 13.4. The molecule has 40 heavy (non-hydrogen) atoms. The predicted molar refractivity (Wildman–Crippen MR) is 130 cm³/mol. The van der Waals surface area contributed by atoms with Gasteiger partial charge >= 0.3 is 11.9 Å². The van der Waals surface area contributed by atoms with Crippen LogP contribution in [-0.4, -0.2) is 94.5 Å². The van der Waals surface area contributed by atoms with E-state index in [4.69, 9.17) is 9.68 Å². The zero-order valence-corrected chi connectivity index (χ0v) is 21.5. The standard InChI is InChI=1S/C24H29N5O11/c1-3-16(30)25-13-15(14-26-17(31)4-2)24(38)27(11-9-22(36)39-28-18(32)5-6-19(28)33)12-10-23(37)40-29-20(34)7-8-21(29)35/h3-4,15H,1-2,5-14H2,(H,25,30)(H,26,31). The van der Waals surface area contributed by atoms with Gasteiger partial charge in [0.1, 0.15) is 0 Å². The van der Waals surface area contributed by atoms with Crippen molar-refractivity contribution >= 4 is 53.3 Å². The molecule has 0 aromatic heterocycles. The van der Waals surface area contributed by atoms with Gasteiger partial charge in [0, 0.05) is 51.9 Å². The fraction of sp³-hybridized carbons (Fsp3) is 0.458. The van der Waals surface area contributed by atoms with Gasteiger partial charge in [0.25, 0.3) is 23.6 Å². The Morgan fingerprint density at radius 2 is 1.07 bits per heavy atom. The van der Waals surface area contributed by atoms with Crippen molar-refractivity contribution in [2.24, 2.45) is 5.92 Å². The van der Waals surface area contributed by atoms with Crippen LogP contribution in [-0.2, 0) is 52.8 Å². The molecule has 0 spiro atoms. The Kier molecular flexibility index (Phi) is 11.7. The lowest BCUT2D eigenvalue weighted by atomic mass is 10.1. The summed E-state index contributed by atoms with van der Waals surface area (Å²) in [5.41, 5.74) is 0. The Bertz CT molecular complexity index is 1010. The minimum absolute atomic E-state index is 0.116. The minimum Gasteiger partial charge on any atom is -0.352 e. The number of carbonyl (C=O) groups excluding carboxylic acids is 9. The van der Waals surface area contributed by atoms with E-state index in [0.717, 1.165) is 17.1 Å². The van der Waals surface area contributed by atoms with Crippen molar-refractivity contribution in [2.75, 3.05) is 26.2 Å². The first-order valence-electron chi connectivity index (χ1n) is 12.2. The lowest BCUT2D eigenvalue weighted by molar-refractivity contribution is -0.198. The van der Waals surface area contributed by atoms with E-state index in [9.17, 15) is 43.2 Å². The Morgan fingerprint density at radius 3 is 1.40 bits per heavy atom. The highest BCUT2D eigenvalue weighted by Crippen LogP contribution is 2.15. The number of carbonyl (C=O) groups is 9. The third-order valence-electron chi connectivity index (χ3n) is 5.65. The number of amides is 7. The van der Waals surface area contributed by atoms with Crippen LogP contribution in [0.3, 0.4) is 0 Å². The van der Waals surface area contributed by atoms with Crippen LogP contribution in [0, 0.1) is 5.92 Å². The number of rotatable bonds is 15. The molecule has 2 aliphatic heterocycles. The molecule has 2 rings (SSSR count). The van der Waals surface area contributed by atoms with E-state index in [1.165, 1.54) is 0 Å². The normalized spacial score (nSPS) is 14.7. The second kappa shape index (κ2) is 14.9. The molecule has 0 aliphatic carbocycles. The van der Waals surface area contributed by atoms with Crippen molar-refractivity contribution in [2.45, 2.75) is 38.5 Å². The van der Waals surface area contributed by atoms with E-state index in [2.05, 4.69) is 23.8 Å². The van der Waals surface area contributed by atoms with Crippen molar-refractivity contribution in [1.29, 1.82) is 0 Å². The number of nitrogens with one attached hydrogen (secondary N) is 2. The summed E-state index contributed by atoms with van der Waals surface area (Å²) >= 11 is 0. The second-order valence-corrected chi connectivity index (χ2v) is 8.51. The summed E-state index contributed by atoms with van der Waals surface area (Å²) in [6, 6.07) is 0. The third kappa shape index (κ3) is 9.14. The molecule has 2 heterocycles. The SMILES string of the molecule is C=CC(=O)NCC(CNC(=O)C=C)C(=O)N(CCC(=O)ON1C(=O)CCC1=O)CCC(=O)ON1C(=O)CCC1=O. The molecule has 0 aromatic carbocycles. The molecule has 2 saturated heterocycles. The van der Waals surface area contributed by atoms with Gasteiger partial charge in [0.05, 0.1) is 18.8 Å². The first kappa shape index (κ1) is 31.3. The van der Waals surface area contributed by atoms with Gasteiger partial charge in [-0.2, -0.15) is 0 Å². The summed E-state index contributed by atoms with van der Waals surface area (Å²) in [5.74, 6) is -7.83. The lowest BCUT2D eigenvalue weighted by Crippen LogP contribution is -2.47. The average Bonchev–Trinajstić information content (AvgIpc) is 3.42. The molecule has 2 N–H and O–H groups in total. The molecule has 16 nitrogen and oxygen atoms in total. The van der Waals surface area contributed by atoms with Gasteiger partial charge < -0.3 is 25.2 Å². The molecule has 16 heteroatoms. The minimum atomic E-state index is -1.08. The van der Waals surface area contributed by atoms with Gasteiger partial charge in [-0.05, 0) is 12.2 Å². The van der Waals surface area contributed by atoms with E-state index >= 15 is 0 Å². The molecular weight excluding hydrogens is 534 g/mol.